The van der Waals surface area contributed by atoms with Crippen molar-refractivity contribution in [1.29, 1.82) is 0 Å². The summed E-state index contributed by atoms with van der Waals surface area (Å²) in [6, 6.07) is 8.44. The number of likely N-dealkylation sites (tertiary alicyclic amines) is 1. The summed E-state index contributed by atoms with van der Waals surface area (Å²) in [7, 11) is 0. The van der Waals surface area contributed by atoms with Gasteiger partial charge < -0.3 is 11.1 Å². The monoisotopic (exact) mass is 297 g/mol. The first-order valence-electron chi connectivity index (χ1n) is 6.93. The minimum absolute atomic E-state index is 0. The van der Waals surface area contributed by atoms with E-state index >= 15 is 0 Å². The van der Waals surface area contributed by atoms with Gasteiger partial charge in [0.2, 0.25) is 5.91 Å². The molecule has 4 nitrogen and oxygen atoms in total. The van der Waals surface area contributed by atoms with Crippen molar-refractivity contribution in [3.05, 3.63) is 35.4 Å². The van der Waals surface area contributed by atoms with Crippen LogP contribution in [-0.2, 0) is 11.3 Å². The van der Waals surface area contributed by atoms with Crippen molar-refractivity contribution in [1.82, 2.24) is 10.2 Å². The third-order valence-corrected chi connectivity index (χ3v) is 3.52. The fourth-order valence-corrected chi connectivity index (χ4v) is 2.40. The number of benzene rings is 1. The SMILES string of the molecule is Cc1ccc(CNC(=O)CN2CCCC(N)C2)cc1.Cl. The van der Waals surface area contributed by atoms with Crippen LogP contribution < -0.4 is 11.1 Å². The molecule has 5 heteroatoms. The van der Waals surface area contributed by atoms with Gasteiger partial charge in [0.25, 0.3) is 0 Å². The molecule has 20 heavy (non-hydrogen) atoms. The van der Waals surface area contributed by atoms with E-state index < -0.39 is 0 Å². The largest absolute Gasteiger partial charge is 0.351 e. The number of carbonyl (C=O) groups excluding carboxylic acids is 1. The summed E-state index contributed by atoms with van der Waals surface area (Å²) in [6.45, 7) is 4.92. The summed E-state index contributed by atoms with van der Waals surface area (Å²) < 4.78 is 0. The third kappa shape index (κ3) is 5.49. The number of nitrogens with zero attached hydrogens (tertiary/aromatic N) is 1. The average molecular weight is 298 g/mol. The van der Waals surface area contributed by atoms with E-state index in [4.69, 9.17) is 5.73 Å². The first kappa shape index (κ1) is 17.0. The zero-order valence-corrected chi connectivity index (χ0v) is 12.8. The molecule has 1 heterocycles. The van der Waals surface area contributed by atoms with Crippen LogP contribution in [0.4, 0.5) is 0 Å². The Balaban J connectivity index is 0.00000200. The smallest absolute Gasteiger partial charge is 0.234 e. The molecule has 1 saturated heterocycles. The minimum atomic E-state index is 0. The molecule has 1 aromatic carbocycles. The quantitative estimate of drug-likeness (QED) is 0.884. The van der Waals surface area contributed by atoms with Crippen LogP contribution in [0.5, 0.6) is 0 Å². The van der Waals surface area contributed by atoms with E-state index in [9.17, 15) is 4.79 Å². The number of carbonyl (C=O) groups is 1. The maximum atomic E-state index is 11.9. The van der Waals surface area contributed by atoms with Crippen molar-refractivity contribution in [2.75, 3.05) is 19.6 Å². The zero-order valence-electron chi connectivity index (χ0n) is 12.0. The molecular formula is C15H24ClN3O. The van der Waals surface area contributed by atoms with E-state index in [1.165, 1.54) is 5.56 Å². The standard InChI is InChI=1S/C15H23N3O.ClH/c1-12-4-6-13(7-5-12)9-17-15(19)11-18-8-2-3-14(16)10-18;/h4-7,14H,2-3,8-11,16H2,1H3,(H,17,19);1H. The number of amides is 1. The molecule has 0 bridgehead atoms. The number of nitrogens with two attached hydrogens (primary N) is 1. The molecule has 1 aliphatic rings. The van der Waals surface area contributed by atoms with Crippen molar-refractivity contribution in [2.45, 2.75) is 32.4 Å². The second kappa shape index (κ2) is 8.25. The van der Waals surface area contributed by atoms with E-state index in [0.29, 0.717) is 13.1 Å². The predicted molar refractivity (Wildman–Crippen MR) is 83.9 cm³/mol. The molecule has 1 unspecified atom stereocenters. The minimum Gasteiger partial charge on any atom is -0.351 e. The Labute approximate surface area is 127 Å². The van der Waals surface area contributed by atoms with Crippen LogP contribution in [-0.4, -0.2) is 36.5 Å². The molecule has 0 spiro atoms. The highest BCUT2D eigenvalue weighted by atomic mass is 35.5. The van der Waals surface area contributed by atoms with Gasteiger partial charge >= 0.3 is 0 Å². The Morgan fingerprint density at radius 1 is 1.40 bits per heavy atom. The first-order valence-corrected chi connectivity index (χ1v) is 6.93. The molecule has 0 aromatic heterocycles. The number of hydrogen-bond acceptors (Lipinski definition) is 3. The summed E-state index contributed by atoms with van der Waals surface area (Å²) in [5.74, 6) is 0.0784. The maximum Gasteiger partial charge on any atom is 0.234 e. The number of nitrogens with one attached hydrogen (secondary N) is 1. The lowest BCUT2D eigenvalue weighted by Crippen LogP contribution is -2.46. The zero-order chi connectivity index (χ0) is 13.7. The molecule has 3 N–H and O–H groups in total. The molecule has 0 saturated carbocycles. The van der Waals surface area contributed by atoms with Gasteiger partial charge in [0.15, 0.2) is 0 Å². The molecule has 1 aliphatic heterocycles. The van der Waals surface area contributed by atoms with Crippen LogP contribution in [0.1, 0.15) is 24.0 Å². The van der Waals surface area contributed by atoms with Crippen molar-refractivity contribution >= 4 is 18.3 Å². The average Bonchev–Trinajstić information content (AvgIpc) is 2.38. The fraction of sp³-hybridized carbons (Fsp3) is 0.533. The van der Waals surface area contributed by atoms with Crippen LogP contribution in [0.2, 0.25) is 0 Å². The maximum absolute atomic E-state index is 11.9. The van der Waals surface area contributed by atoms with Crippen molar-refractivity contribution in [3.63, 3.8) is 0 Å². The second-order valence-electron chi connectivity index (χ2n) is 5.40. The van der Waals surface area contributed by atoms with Gasteiger partial charge in [-0.1, -0.05) is 29.8 Å². The van der Waals surface area contributed by atoms with Crippen LogP contribution in [0.25, 0.3) is 0 Å². The van der Waals surface area contributed by atoms with Crippen LogP contribution in [0, 0.1) is 6.92 Å². The summed E-state index contributed by atoms with van der Waals surface area (Å²) >= 11 is 0. The molecule has 1 atom stereocenters. The van der Waals surface area contributed by atoms with E-state index in [-0.39, 0.29) is 24.4 Å². The number of hydrogen-bond donors (Lipinski definition) is 2. The normalized spacial score (nSPS) is 19.2. The van der Waals surface area contributed by atoms with Crippen molar-refractivity contribution in [3.8, 4) is 0 Å². The Kier molecular flexibility index (Phi) is 6.99. The molecule has 1 amide bonds. The van der Waals surface area contributed by atoms with Crippen LogP contribution in [0.3, 0.4) is 0 Å². The Hall–Kier alpha value is -1.10. The molecular weight excluding hydrogens is 274 g/mol. The van der Waals surface area contributed by atoms with E-state index in [2.05, 4.69) is 29.3 Å². The summed E-state index contributed by atoms with van der Waals surface area (Å²) in [6.07, 6.45) is 2.16. The van der Waals surface area contributed by atoms with Gasteiger partial charge in [0.1, 0.15) is 0 Å². The third-order valence-electron chi connectivity index (χ3n) is 3.52. The van der Waals surface area contributed by atoms with Gasteiger partial charge in [-0.3, -0.25) is 9.69 Å². The Bertz CT molecular complexity index is 422. The highest BCUT2D eigenvalue weighted by molar-refractivity contribution is 5.85. The fourth-order valence-electron chi connectivity index (χ4n) is 2.40. The topological polar surface area (TPSA) is 58.4 Å². The highest BCUT2D eigenvalue weighted by Gasteiger charge is 2.18. The Morgan fingerprint density at radius 2 is 2.10 bits per heavy atom. The van der Waals surface area contributed by atoms with Crippen molar-refractivity contribution in [2.24, 2.45) is 5.73 Å². The van der Waals surface area contributed by atoms with Crippen LogP contribution in [0.15, 0.2) is 24.3 Å². The molecule has 1 fully saturated rings. The second-order valence-corrected chi connectivity index (χ2v) is 5.40. The number of piperidine rings is 1. The van der Waals surface area contributed by atoms with Gasteiger partial charge in [-0.15, -0.1) is 12.4 Å². The lowest BCUT2D eigenvalue weighted by atomic mass is 10.1. The van der Waals surface area contributed by atoms with E-state index in [1.807, 2.05) is 12.1 Å². The number of aryl methyl sites for hydroxylation is 1. The summed E-state index contributed by atoms with van der Waals surface area (Å²) in [5, 5.41) is 2.96. The van der Waals surface area contributed by atoms with Gasteiger partial charge in [-0.25, -0.2) is 0 Å². The molecule has 0 radical (unpaired) electrons. The van der Waals surface area contributed by atoms with E-state index in [0.717, 1.165) is 31.5 Å². The molecule has 2 rings (SSSR count). The molecule has 0 aliphatic carbocycles. The van der Waals surface area contributed by atoms with Gasteiger partial charge in [0.05, 0.1) is 6.54 Å². The highest BCUT2D eigenvalue weighted by Crippen LogP contribution is 2.07. The lowest BCUT2D eigenvalue weighted by Gasteiger charge is -2.29. The summed E-state index contributed by atoms with van der Waals surface area (Å²) in [4.78, 5) is 14.0. The van der Waals surface area contributed by atoms with Crippen molar-refractivity contribution < 1.29 is 4.79 Å². The van der Waals surface area contributed by atoms with E-state index in [1.54, 1.807) is 0 Å². The molecule has 1 aromatic rings. The van der Waals surface area contributed by atoms with Gasteiger partial charge in [-0.2, -0.15) is 0 Å². The van der Waals surface area contributed by atoms with Gasteiger partial charge in [-0.05, 0) is 31.9 Å². The lowest BCUT2D eigenvalue weighted by molar-refractivity contribution is -0.122. The number of halogens is 1. The van der Waals surface area contributed by atoms with Crippen LogP contribution >= 0.6 is 12.4 Å². The molecule has 112 valence electrons. The predicted octanol–water partition coefficient (Wildman–Crippen LogP) is 1.46. The van der Waals surface area contributed by atoms with Gasteiger partial charge in [0, 0.05) is 19.1 Å². The summed E-state index contributed by atoms with van der Waals surface area (Å²) in [5.41, 5.74) is 8.27. The number of rotatable bonds is 4. The Morgan fingerprint density at radius 3 is 2.75 bits per heavy atom. The first-order chi connectivity index (χ1) is 9.13.